The maximum Gasteiger partial charge on any atom is 0.416 e. The highest BCUT2D eigenvalue weighted by Gasteiger charge is 2.37. The molecule has 3 unspecified atom stereocenters. The number of carbonyl (C=O) groups is 6. The molecule has 6 N–H and O–H groups in total. The SMILES string of the molecule is CC(C)CC(NC(=O)C(Cc1cc(C(F)(F)F)ccn1)NC(=O)O)C(=O)NC(C[C@@H]1CCNC1=O)C(=O)C(=O)NC(C)C. The van der Waals surface area contributed by atoms with Crippen molar-refractivity contribution < 1.29 is 47.0 Å². The first-order valence-electron chi connectivity index (χ1n) is 13.7. The number of nitrogens with zero attached hydrogens (tertiary/aromatic N) is 1. The number of rotatable bonds is 14. The number of nitrogens with one attached hydrogen (secondary N) is 5. The summed E-state index contributed by atoms with van der Waals surface area (Å²) in [5.41, 5.74) is -1.28. The molecule has 1 aromatic heterocycles. The lowest BCUT2D eigenvalue weighted by Gasteiger charge is -2.26. The number of amides is 5. The van der Waals surface area contributed by atoms with Crippen LogP contribution in [0.4, 0.5) is 18.0 Å². The van der Waals surface area contributed by atoms with Crippen LogP contribution >= 0.6 is 0 Å². The third kappa shape index (κ3) is 11.2. The minimum absolute atomic E-state index is 0.0161. The van der Waals surface area contributed by atoms with Crippen molar-refractivity contribution in [2.45, 2.75) is 83.7 Å². The van der Waals surface area contributed by atoms with Crippen molar-refractivity contribution in [2.75, 3.05) is 6.54 Å². The summed E-state index contributed by atoms with van der Waals surface area (Å²) in [4.78, 5) is 79.4. The van der Waals surface area contributed by atoms with Crippen LogP contribution in [0.15, 0.2) is 18.3 Å². The van der Waals surface area contributed by atoms with Crippen molar-refractivity contribution >= 4 is 35.5 Å². The van der Waals surface area contributed by atoms with Gasteiger partial charge in [0, 0.05) is 36.8 Å². The van der Waals surface area contributed by atoms with Gasteiger partial charge in [-0.2, -0.15) is 13.2 Å². The number of halogens is 3. The van der Waals surface area contributed by atoms with E-state index >= 15 is 0 Å². The Morgan fingerprint density at radius 2 is 1.63 bits per heavy atom. The van der Waals surface area contributed by atoms with Crippen LogP contribution in [0.25, 0.3) is 0 Å². The minimum atomic E-state index is -4.70. The minimum Gasteiger partial charge on any atom is -0.465 e. The van der Waals surface area contributed by atoms with Gasteiger partial charge in [-0.3, -0.25) is 29.0 Å². The quantitative estimate of drug-likeness (QED) is 0.166. The zero-order valence-electron chi connectivity index (χ0n) is 24.2. The summed E-state index contributed by atoms with van der Waals surface area (Å²) in [5.74, 6) is -5.05. The average molecular weight is 615 g/mol. The molecule has 238 valence electrons. The lowest BCUT2D eigenvalue weighted by Crippen LogP contribution is -2.57. The van der Waals surface area contributed by atoms with Crippen LogP contribution in [0.5, 0.6) is 0 Å². The molecule has 0 bridgehead atoms. The Morgan fingerprint density at radius 1 is 1.00 bits per heavy atom. The van der Waals surface area contributed by atoms with E-state index < -0.39 is 71.8 Å². The van der Waals surface area contributed by atoms with Gasteiger partial charge in [0.25, 0.3) is 5.91 Å². The van der Waals surface area contributed by atoms with Gasteiger partial charge in [0.05, 0.1) is 11.6 Å². The van der Waals surface area contributed by atoms with Crippen LogP contribution in [0.2, 0.25) is 0 Å². The zero-order valence-corrected chi connectivity index (χ0v) is 24.2. The Labute approximate surface area is 246 Å². The van der Waals surface area contributed by atoms with Gasteiger partial charge in [0.1, 0.15) is 12.1 Å². The van der Waals surface area contributed by atoms with Crippen LogP contribution in [0.1, 0.15) is 58.2 Å². The van der Waals surface area contributed by atoms with E-state index in [2.05, 4.69) is 26.3 Å². The standard InChI is InChI=1S/C27H37F3N6O7/c1-13(2)9-19(23(39)34-18(10-15-5-7-32-22(15)38)21(37)25(41)33-14(3)4)35-24(40)20(36-26(42)43)12-17-11-16(6-8-31-17)27(28,29)30/h6,8,11,13-15,18-20,36H,5,7,9-10,12H2,1-4H3,(H,32,38)(H,33,41)(H,34,39)(H,35,40)(H,42,43)/t15-,18?,19?,20?/m0/s1. The summed E-state index contributed by atoms with van der Waals surface area (Å²) in [5, 5.41) is 21.1. The third-order valence-corrected chi connectivity index (χ3v) is 6.47. The molecular formula is C27H37F3N6O7. The van der Waals surface area contributed by atoms with E-state index in [-0.39, 0.29) is 36.4 Å². The van der Waals surface area contributed by atoms with E-state index in [1.54, 1.807) is 27.7 Å². The van der Waals surface area contributed by atoms with Gasteiger partial charge < -0.3 is 31.7 Å². The monoisotopic (exact) mass is 614 g/mol. The summed E-state index contributed by atoms with van der Waals surface area (Å²) in [7, 11) is 0. The molecule has 2 rings (SSSR count). The number of ketones is 1. The summed E-state index contributed by atoms with van der Waals surface area (Å²) in [6.45, 7) is 7.09. The molecule has 1 aliphatic rings. The van der Waals surface area contributed by atoms with E-state index in [1.807, 2.05) is 5.32 Å². The maximum absolute atomic E-state index is 13.4. The highest BCUT2D eigenvalue weighted by atomic mass is 19.4. The van der Waals surface area contributed by atoms with E-state index in [4.69, 9.17) is 0 Å². The number of carbonyl (C=O) groups excluding carboxylic acids is 5. The molecule has 2 heterocycles. The van der Waals surface area contributed by atoms with Gasteiger partial charge in [-0.15, -0.1) is 0 Å². The predicted octanol–water partition coefficient (Wildman–Crippen LogP) is 0.915. The van der Waals surface area contributed by atoms with E-state index in [9.17, 15) is 47.0 Å². The maximum atomic E-state index is 13.4. The number of hydrogen-bond donors (Lipinski definition) is 6. The molecule has 0 spiro atoms. The second-order valence-electron chi connectivity index (χ2n) is 11.0. The molecule has 0 aromatic carbocycles. The fourth-order valence-electron chi connectivity index (χ4n) is 4.46. The normalized spacial score (nSPS) is 17.0. The van der Waals surface area contributed by atoms with Crippen LogP contribution in [0, 0.1) is 11.8 Å². The van der Waals surface area contributed by atoms with E-state index in [0.29, 0.717) is 19.0 Å². The van der Waals surface area contributed by atoms with Gasteiger partial charge in [-0.25, -0.2) is 4.79 Å². The van der Waals surface area contributed by atoms with Gasteiger partial charge in [-0.05, 0) is 51.2 Å². The topological polar surface area (TPSA) is 196 Å². The van der Waals surface area contributed by atoms with E-state index in [1.165, 1.54) is 0 Å². The summed E-state index contributed by atoms with van der Waals surface area (Å²) in [6, 6.07) is -3.36. The Hall–Kier alpha value is -4.24. The predicted molar refractivity (Wildman–Crippen MR) is 145 cm³/mol. The zero-order chi connectivity index (χ0) is 32.5. The molecule has 16 heteroatoms. The third-order valence-electron chi connectivity index (χ3n) is 6.47. The Bertz CT molecular complexity index is 1210. The number of Topliss-reactive ketones (excluding diaryl/α,β-unsaturated/α-hetero) is 1. The molecule has 13 nitrogen and oxygen atoms in total. The van der Waals surface area contributed by atoms with Crippen molar-refractivity contribution in [1.29, 1.82) is 0 Å². The smallest absolute Gasteiger partial charge is 0.416 e. The van der Waals surface area contributed by atoms with Crippen LogP contribution < -0.4 is 26.6 Å². The van der Waals surface area contributed by atoms with Gasteiger partial charge in [-0.1, -0.05) is 13.8 Å². The molecular weight excluding hydrogens is 577 g/mol. The second kappa shape index (κ2) is 15.3. The lowest BCUT2D eigenvalue weighted by atomic mass is 9.94. The average Bonchev–Trinajstić information content (AvgIpc) is 3.29. The van der Waals surface area contributed by atoms with Crippen molar-refractivity contribution in [3.8, 4) is 0 Å². The molecule has 1 aliphatic heterocycles. The summed E-state index contributed by atoms with van der Waals surface area (Å²) >= 11 is 0. The second-order valence-corrected chi connectivity index (χ2v) is 11.0. The highest BCUT2D eigenvalue weighted by molar-refractivity contribution is 6.38. The fraction of sp³-hybridized carbons (Fsp3) is 0.593. The van der Waals surface area contributed by atoms with Crippen LogP contribution in [-0.2, 0) is 36.6 Å². The van der Waals surface area contributed by atoms with Crippen molar-refractivity contribution in [1.82, 2.24) is 31.6 Å². The molecule has 0 radical (unpaired) electrons. The Balaban J connectivity index is 2.29. The molecule has 1 aromatic rings. The molecule has 0 saturated carbocycles. The lowest BCUT2D eigenvalue weighted by molar-refractivity contribution is -0.141. The molecule has 1 saturated heterocycles. The summed E-state index contributed by atoms with van der Waals surface area (Å²) < 4.78 is 39.4. The molecule has 5 amide bonds. The molecule has 43 heavy (non-hydrogen) atoms. The van der Waals surface area contributed by atoms with Gasteiger partial charge in [0.15, 0.2) is 0 Å². The number of alkyl halides is 3. The summed E-state index contributed by atoms with van der Waals surface area (Å²) in [6.07, 6.45) is -5.81. The van der Waals surface area contributed by atoms with Gasteiger partial charge in [0.2, 0.25) is 23.5 Å². The number of carboxylic acid groups (broad SMARTS) is 1. The Morgan fingerprint density at radius 3 is 2.16 bits per heavy atom. The largest absolute Gasteiger partial charge is 0.465 e. The molecule has 0 aliphatic carbocycles. The fourth-order valence-corrected chi connectivity index (χ4v) is 4.46. The molecule has 1 fully saturated rings. The van der Waals surface area contributed by atoms with Gasteiger partial charge >= 0.3 is 12.3 Å². The molecule has 4 atom stereocenters. The van der Waals surface area contributed by atoms with Crippen molar-refractivity contribution in [3.05, 3.63) is 29.6 Å². The van der Waals surface area contributed by atoms with Crippen LogP contribution in [-0.4, -0.2) is 76.3 Å². The van der Waals surface area contributed by atoms with Crippen molar-refractivity contribution in [3.63, 3.8) is 0 Å². The first-order valence-corrected chi connectivity index (χ1v) is 13.7. The van der Waals surface area contributed by atoms with E-state index in [0.717, 1.165) is 12.3 Å². The number of hydrogen-bond acceptors (Lipinski definition) is 7. The van der Waals surface area contributed by atoms with Crippen LogP contribution in [0.3, 0.4) is 0 Å². The Kier molecular flexibility index (Phi) is 12.4. The first kappa shape index (κ1) is 35.0. The van der Waals surface area contributed by atoms with Crippen molar-refractivity contribution in [2.24, 2.45) is 11.8 Å². The highest BCUT2D eigenvalue weighted by Crippen LogP contribution is 2.29. The number of aromatic nitrogens is 1. The number of pyridine rings is 1. The first-order chi connectivity index (χ1) is 20.0.